The van der Waals surface area contributed by atoms with Gasteiger partial charge in [0.15, 0.2) is 5.84 Å². The molecule has 2 N–H and O–H groups in total. The molecule has 4 nitrogen and oxygen atoms in total. The van der Waals surface area contributed by atoms with Crippen LogP contribution in [0.25, 0.3) is 0 Å². The Bertz CT molecular complexity index is 726. The van der Waals surface area contributed by atoms with Gasteiger partial charge in [0.2, 0.25) is 0 Å². The van der Waals surface area contributed by atoms with Crippen LogP contribution >= 0.6 is 0 Å². The molecule has 1 fully saturated rings. The lowest BCUT2D eigenvalue weighted by atomic mass is 10.1. The molecule has 5 heteroatoms. The van der Waals surface area contributed by atoms with Crippen LogP contribution in [0.4, 0.5) is 4.39 Å². The smallest absolute Gasteiger partial charge is 0.170 e. The molecule has 0 spiro atoms. The van der Waals surface area contributed by atoms with Crippen molar-refractivity contribution in [1.82, 2.24) is 4.90 Å². The Balaban J connectivity index is 1.59. The van der Waals surface area contributed by atoms with Gasteiger partial charge in [-0.25, -0.2) is 4.39 Å². The molecule has 1 heterocycles. The molecular weight excluding hydrogens is 317 g/mol. The van der Waals surface area contributed by atoms with Crippen LogP contribution in [-0.4, -0.2) is 23.8 Å². The second kappa shape index (κ2) is 8.62. The molecule has 0 amide bonds. The standard InChI is InChI=1S/C20H24FN3O/c21-19-9-5-7-17(13-19)15-25-23-20(22)18-8-4-6-16(12-18)14-24-10-2-1-3-11-24/h4-9,12-13H,1-3,10-11,14-15H2,(H2,22,23). The van der Waals surface area contributed by atoms with E-state index in [2.05, 4.69) is 22.2 Å². The average Bonchev–Trinajstić information content (AvgIpc) is 2.63. The Labute approximate surface area is 148 Å². The van der Waals surface area contributed by atoms with Crippen LogP contribution in [0.2, 0.25) is 0 Å². The van der Waals surface area contributed by atoms with Crippen molar-refractivity contribution in [2.24, 2.45) is 10.9 Å². The minimum atomic E-state index is -0.288. The summed E-state index contributed by atoms with van der Waals surface area (Å²) in [5.41, 5.74) is 8.81. The van der Waals surface area contributed by atoms with Gasteiger partial charge in [-0.3, -0.25) is 4.90 Å². The molecule has 3 rings (SSSR count). The molecule has 0 saturated carbocycles. The zero-order chi connectivity index (χ0) is 17.5. The van der Waals surface area contributed by atoms with Gasteiger partial charge >= 0.3 is 0 Å². The van der Waals surface area contributed by atoms with Crippen molar-refractivity contribution in [3.63, 3.8) is 0 Å². The van der Waals surface area contributed by atoms with E-state index >= 15 is 0 Å². The van der Waals surface area contributed by atoms with Crippen molar-refractivity contribution in [1.29, 1.82) is 0 Å². The minimum Gasteiger partial charge on any atom is -0.389 e. The summed E-state index contributed by atoms with van der Waals surface area (Å²) in [5.74, 6) is 0.0420. The van der Waals surface area contributed by atoms with E-state index in [1.54, 1.807) is 12.1 Å². The molecule has 0 bridgehead atoms. The fraction of sp³-hybridized carbons (Fsp3) is 0.350. The van der Waals surface area contributed by atoms with Crippen LogP contribution in [0.1, 0.15) is 36.0 Å². The first-order valence-corrected chi connectivity index (χ1v) is 8.72. The third kappa shape index (κ3) is 5.29. The van der Waals surface area contributed by atoms with Gasteiger partial charge in [-0.2, -0.15) is 0 Å². The number of benzene rings is 2. The first-order chi connectivity index (χ1) is 12.2. The maximum absolute atomic E-state index is 13.1. The quantitative estimate of drug-likeness (QED) is 0.496. The summed E-state index contributed by atoms with van der Waals surface area (Å²) < 4.78 is 13.1. The number of amidine groups is 1. The maximum atomic E-state index is 13.1. The van der Waals surface area contributed by atoms with Crippen LogP contribution < -0.4 is 5.73 Å². The Morgan fingerprint density at radius 1 is 1.04 bits per heavy atom. The highest BCUT2D eigenvalue weighted by molar-refractivity contribution is 5.97. The summed E-state index contributed by atoms with van der Waals surface area (Å²) >= 11 is 0. The average molecular weight is 341 g/mol. The van der Waals surface area contributed by atoms with Crippen molar-refractivity contribution in [2.45, 2.75) is 32.4 Å². The highest BCUT2D eigenvalue weighted by Crippen LogP contribution is 2.14. The predicted molar refractivity (Wildman–Crippen MR) is 97.5 cm³/mol. The number of nitrogens with zero attached hydrogens (tertiary/aromatic N) is 2. The van der Waals surface area contributed by atoms with Gasteiger partial charge in [0, 0.05) is 12.1 Å². The first-order valence-electron chi connectivity index (χ1n) is 8.72. The molecular formula is C20H24FN3O. The molecule has 0 aromatic heterocycles. The fourth-order valence-corrected chi connectivity index (χ4v) is 3.06. The Kier molecular flexibility index (Phi) is 6.01. The van der Waals surface area contributed by atoms with Gasteiger partial charge in [-0.1, -0.05) is 41.9 Å². The number of nitrogens with two attached hydrogens (primary N) is 1. The maximum Gasteiger partial charge on any atom is 0.170 e. The number of likely N-dealkylation sites (tertiary alicyclic amines) is 1. The van der Waals surface area contributed by atoms with Crippen LogP contribution in [0.15, 0.2) is 53.7 Å². The third-order valence-electron chi connectivity index (χ3n) is 4.36. The third-order valence-corrected chi connectivity index (χ3v) is 4.36. The molecule has 1 aliphatic rings. The lowest BCUT2D eigenvalue weighted by molar-refractivity contribution is 0.130. The molecule has 132 valence electrons. The van der Waals surface area contributed by atoms with E-state index in [-0.39, 0.29) is 12.4 Å². The van der Waals surface area contributed by atoms with Gasteiger partial charge in [0.25, 0.3) is 0 Å². The van der Waals surface area contributed by atoms with E-state index in [4.69, 9.17) is 10.6 Å². The Hall–Kier alpha value is -2.40. The largest absolute Gasteiger partial charge is 0.389 e. The predicted octanol–water partition coefficient (Wildman–Crippen LogP) is 3.65. The van der Waals surface area contributed by atoms with Gasteiger partial charge in [0.05, 0.1) is 0 Å². The summed E-state index contributed by atoms with van der Waals surface area (Å²) in [4.78, 5) is 7.74. The van der Waals surface area contributed by atoms with Crippen LogP contribution in [0.5, 0.6) is 0 Å². The monoisotopic (exact) mass is 341 g/mol. The van der Waals surface area contributed by atoms with Gasteiger partial charge in [-0.05, 0) is 55.3 Å². The van der Waals surface area contributed by atoms with Gasteiger partial charge in [0.1, 0.15) is 12.4 Å². The molecule has 0 unspecified atom stereocenters. The zero-order valence-corrected chi connectivity index (χ0v) is 14.3. The summed E-state index contributed by atoms with van der Waals surface area (Å²) in [6.45, 7) is 3.44. The van der Waals surface area contributed by atoms with E-state index in [9.17, 15) is 4.39 Å². The number of piperidine rings is 1. The second-order valence-corrected chi connectivity index (χ2v) is 6.42. The number of hydrogen-bond acceptors (Lipinski definition) is 3. The van der Waals surface area contributed by atoms with Crippen molar-refractivity contribution >= 4 is 5.84 Å². The highest BCUT2D eigenvalue weighted by atomic mass is 19.1. The zero-order valence-electron chi connectivity index (χ0n) is 14.3. The van der Waals surface area contributed by atoms with Crippen molar-refractivity contribution < 1.29 is 9.23 Å². The van der Waals surface area contributed by atoms with E-state index in [1.165, 1.54) is 37.0 Å². The van der Waals surface area contributed by atoms with Crippen LogP contribution in [0.3, 0.4) is 0 Å². The summed E-state index contributed by atoms with van der Waals surface area (Å²) in [5, 5.41) is 3.97. The molecule has 25 heavy (non-hydrogen) atoms. The molecule has 0 radical (unpaired) electrons. The first kappa shape index (κ1) is 17.4. The van der Waals surface area contributed by atoms with Gasteiger partial charge < -0.3 is 10.6 Å². The highest BCUT2D eigenvalue weighted by Gasteiger charge is 2.11. The van der Waals surface area contributed by atoms with Gasteiger partial charge in [-0.15, -0.1) is 0 Å². The summed E-state index contributed by atoms with van der Waals surface area (Å²) in [6.07, 6.45) is 3.88. The second-order valence-electron chi connectivity index (χ2n) is 6.42. The topological polar surface area (TPSA) is 50.9 Å². The van der Waals surface area contributed by atoms with E-state index in [0.717, 1.165) is 30.8 Å². The Morgan fingerprint density at radius 2 is 1.80 bits per heavy atom. The molecule has 0 atom stereocenters. The van der Waals surface area contributed by atoms with Crippen LogP contribution in [-0.2, 0) is 18.0 Å². The molecule has 1 saturated heterocycles. The Morgan fingerprint density at radius 3 is 2.60 bits per heavy atom. The van der Waals surface area contributed by atoms with E-state index < -0.39 is 0 Å². The number of hydrogen-bond donors (Lipinski definition) is 1. The van der Waals surface area contributed by atoms with E-state index in [1.807, 2.05) is 12.1 Å². The fourth-order valence-electron chi connectivity index (χ4n) is 3.06. The molecule has 2 aromatic rings. The molecule has 1 aliphatic heterocycles. The SMILES string of the molecule is N/C(=N/OCc1cccc(F)c1)c1cccc(CN2CCCCC2)c1. The lowest BCUT2D eigenvalue weighted by Gasteiger charge is -2.26. The number of rotatable bonds is 6. The van der Waals surface area contributed by atoms with Crippen molar-refractivity contribution in [3.8, 4) is 0 Å². The summed E-state index contributed by atoms with van der Waals surface area (Å²) in [6, 6.07) is 14.3. The molecule has 2 aromatic carbocycles. The number of halogens is 1. The summed E-state index contributed by atoms with van der Waals surface area (Å²) in [7, 11) is 0. The lowest BCUT2D eigenvalue weighted by Crippen LogP contribution is -2.29. The minimum absolute atomic E-state index is 0.186. The van der Waals surface area contributed by atoms with Crippen molar-refractivity contribution in [3.05, 3.63) is 71.0 Å². The normalized spacial score (nSPS) is 16.0. The van der Waals surface area contributed by atoms with Crippen LogP contribution in [0, 0.1) is 5.82 Å². The molecule has 0 aliphatic carbocycles. The van der Waals surface area contributed by atoms with Crippen molar-refractivity contribution in [2.75, 3.05) is 13.1 Å². The van der Waals surface area contributed by atoms with E-state index in [0.29, 0.717) is 5.84 Å². The number of oxime groups is 1.